The van der Waals surface area contributed by atoms with E-state index in [1.807, 2.05) is 0 Å². The molecule has 0 saturated heterocycles. The second-order valence-electron chi connectivity index (χ2n) is 10.3. The van der Waals surface area contributed by atoms with E-state index in [2.05, 4.69) is 27.8 Å². The number of hydrogen-bond acceptors (Lipinski definition) is 7. The molecule has 11 heteroatoms. The Kier molecular flexibility index (Phi) is 11.7. The monoisotopic (exact) mass is 567 g/mol. The number of urea groups is 1. The number of nitrogens with one attached hydrogen (secondary N) is 4. The van der Waals surface area contributed by atoms with Gasteiger partial charge < -0.3 is 25.0 Å². The predicted molar refractivity (Wildman–Crippen MR) is 157 cm³/mol. The number of rotatable bonds is 8. The fourth-order valence-electron chi connectivity index (χ4n) is 3.45. The molecule has 10 nitrogen and oxygen atoms in total. The summed E-state index contributed by atoms with van der Waals surface area (Å²) in [6.45, 7) is 12.4. The van der Waals surface area contributed by atoms with Crippen molar-refractivity contribution in [3.05, 3.63) is 58.9 Å². The van der Waals surface area contributed by atoms with Crippen LogP contribution in [0.15, 0.2) is 36.4 Å². The third-order valence-electron chi connectivity index (χ3n) is 5.45. The molecule has 0 spiro atoms. The van der Waals surface area contributed by atoms with Gasteiger partial charge in [0.15, 0.2) is 0 Å². The van der Waals surface area contributed by atoms with Crippen LogP contribution < -0.4 is 16.0 Å². The number of amidine groups is 1. The van der Waals surface area contributed by atoms with E-state index in [4.69, 9.17) is 14.9 Å². The van der Waals surface area contributed by atoms with Crippen molar-refractivity contribution in [2.24, 2.45) is 0 Å². The Balaban J connectivity index is 1.98. The van der Waals surface area contributed by atoms with Crippen molar-refractivity contribution in [2.45, 2.75) is 60.1 Å². The molecule has 0 aromatic heterocycles. The Labute approximate surface area is 240 Å². The molecule has 0 aliphatic rings. The van der Waals surface area contributed by atoms with E-state index in [0.29, 0.717) is 16.7 Å². The highest BCUT2D eigenvalue weighted by molar-refractivity contribution is 6.04. The Morgan fingerprint density at radius 2 is 1.78 bits per heavy atom. The van der Waals surface area contributed by atoms with E-state index in [-0.39, 0.29) is 37.3 Å². The van der Waals surface area contributed by atoms with Crippen LogP contribution in [0.2, 0.25) is 0 Å². The molecule has 41 heavy (non-hydrogen) atoms. The first-order valence-corrected chi connectivity index (χ1v) is 13.1. The van der Waals surface area contributed by atoms with Crippen molar-refractivity contribution in [3.63, 3.8) is 0 Å². The topological polar surface area (TPSA) is 133 Å². The Morgan fingerprint density at radius 3 is 2.37 bits per heavy atom. The lowest BCUT2D eigenvalue weighted by Gasteiger charge is -2.26. The van der Waals surface area contributed by atoms with Crippen molar-refractivity contribution < 1.29 is 28.2 Å². The number of carbonyl (C=O) groups excluding carboxylic acids is 3. The maximum absolute atomic E-state index is 14.8. The molecule has 0 aliphatic heterocycles. The smallest absolute Gasteiger partial charge is 0.413 e. The van der Waals surface area contributed by atoms with E-state index in [0.717, 1.165) is 5.69 Å². The minimum Gasteiger partial charge on any atom is -0.465 e. The third-order valence-corrected chi connectivity index (χ3v) is 5.45. The van der Waals surface area contributed by atoms with Crippen LogP contribution in [0, 0.1) is 30.0 Å². The summed E-state index contributed by atoms with van der Waals surface area (Å²) in [6, 6.07) is 8.66. The van der Waals surface area contributed by atoms with Gasteiger partial charge in [0.1, 0.15) is 23.8 Å². The first kappa shape index (κ1) is 32.6. The number of carbonyl (C=O) groups is 3. The van der Waals surface area contributed by atoms with Crippen molar-refractivity contribution in [3.8, 4) is 11.8 Å². The molecule has 0 atom stereocenters. The molecule has 0 bridgehead atoms. The number of benzene rings is 2. The summed E-state index contributed by atoms with van der Waals surface area (Å²) >= 11 is 0. The highest BCUT2D eigenvalue weighted by atomic mass is 19.1. The van der Waals surface area contributed by atoms with Crippen LogP contribution in [0.5, 0.6) is 0 Å². The average Bonchev–Trinajstić information content (AvgIpc) is 2.86. The largest absolute Gasteiger partial charge is 0.465 e. The Morgan fingerprint density at radius 1 is 1.12 bits per heavy atom. The number of hydrogen-bond donors (Lipinski definition) is 4. The first-order chi connectivity index (χ1) is 19.2. The van der Waals surface area contributed by atoms with Gasteiger partial charge in [-0.05, 0) is 90.4 Å². The molecule has 220 valence electrons. The van der Waals surface area contributed by atoms with Gasteiger partial charge in [0.2, 0.25) is 0 Å². The highest BCUT2D eigenvalue weighted by Gasteiger charge is 2.22. The van der Waals surface area contributed by atoms with Gasteiger partial charge in [0.25, 0.3) is 0 Å². The van der Waals surface area contributed by atoms with Crippen molar-refractivity contribution in [1.82, 2.24) is 10.2 Å². The van der Waals surface area contributed by atoms with Gasteiger partial charge in [-0.15, -0.1) is 0 Å². The van der Waals surface area contributed by atoms with E-state index < -0.39 is 29.5 Å². The molecule has 0 radical (unpaired) electrons. The standard InChI is InChI=1S/C30H38FN5O5/c1-8-40-26(37)18-36(19(2)3)28(38)34-25-16-20(4)22(17-24(25)31)10-9-15-33-23-13-11-21(12-14-23)27(32)35-29(39)41-30(5,6)7/h11-14,16-17,19,33H,8,15,18H2,1-7H3,(H,34,38)(H2,32,35,39). The Hall–Kier alpha value is -4.59. The molecule has 2 aromatic carbocycles. The number of nitrogens with zero attached hydrogens (tertiary/aromatic N) is 1. The molecule has 4 N–H and O–H groups in total. The zero-order valence-corrected chi connectivity index (χ0v) is 24.5. The van der Waals surface area contributed by atoms with Crippen molar-refractivity contribution in [1.29, 1.82) is 5.41 Å². The summed E-state index contributed by atoms with van der Waals surface area (Å²) in [6.07, 6.45) is -0.700. The highest BCUT2D eigenvalue weighted by Crippen LogP contribution is 2.20. The van der Waals surface area contributed by atoms with Gasteiger partial charge in [-0.1, -0.05) is 11.8 Å². The van der Waals surface area contributed by atoms with E-state index in [1.54, 1.807) is 72.7 Å². The number of esters is 1. The summed E-state index contributed by atoms with van der Waals surface area (Å²) in [5, 5.41) is 16.1. The normalized spacial score (nSPS) is 10.7. The fourth-order valence-corrected chi connectivity index (χ4v) is 3.45. The van der Waals surface area contributed by atoms with E-state index in [9.17, 15) is 18.8 Å². The molecule has 0 heterocycles. The lowest BCUT2D eigenvalue weighted by atomic mass is 10.1. The van der Waals surface area contributed by atoms with Gasteiger partial charge >= 0.3 is 18.1 Å². The second kappa shape index (κ2) is 14.7. The molecule has 3 amide bonds. The number of amides is 3. The summed E-state index contributed by atoms with van der Waals surface area (Å²) in [7, 11) is 0. The van der Waals surface area contributed by atoms with Crippen LogP contribution >= 0.6 is 0 Å². The third kappa shape index (κ3) is 10.8. The molecular formula is C30H38FN5O5. The quantitative estimate of drug-likeness (QED) is 0.149. The number of aryl methyl sites for hydroxylation is 1. The number of halogens is 1. The zero-order chi connectivity index (χ0) is 30.7. The molecule has 2 aromatic rings. The Bertz CT molecular complexity index is 1320. The zero-order valence-electron chi connectivity index (χ0n) is 24.5. The van der Waals surface area contributed by atoms with E-state index >= 15 is 0 Å². The fraction of sp³-hybridized carbons (Fsp3) is 0.400. The summed E-state index contributed by atoms with van der Waals surface area (Å²) in [5.41, 5.74) is 1.69. The first-order valence-electron chi connectivity index (χ1n) is 13.1. The molecule has 0 fully saturated rings. The van der Waals surface area contributed by atoms with Gasteiger partial charge in [-0.2, -0.15) is 0 Å². The van der Waals surface area contributed by atoms with Crippen molar-refractivity contribution >= 4 is 35.3 Å². The SMILES string of the molecule is CCOC(=O)CN(C(=O)Nc1cc(C)c(C#CCNc2ccc(C(=N)NC(=O)OC(C)(C)C)cc2)cc1F)C(C)C. The maximum Gasteiger partial charge on any atom is 0.413 e. The summed E-state index contributed by atoms with van der Waals surface area (Å²) in [4.78, 5) is 37.7. The molecule has 0 saturated carbocycles. The second-order valence-corrected chi connectivity index (χ2v) is 10.3. The number of anilines is 2. The minimum absolute atomic E-state index is 0.0162. The van der Waals surface area contributed by atoms with Crippen LogP contribution in [0.3, 0.4) is 0 Å². The van der Waals surface area contributed by atoms with Crippen molar-refractivity contribution in [2.75, 3.05) is 30.3 Å². The lowest BCUT2D eigenvalue weighted by molar-refractivity contribution is -0.144. The minimum atomic E-state index is -0.700. The van der Waals surface area contributed by atoms with Crippen LogP contribution in [0.1, 0.15) is 58.2 Å². The predicted octanol–water partition coefficient (Wildman–Crippen LogP) is 5.25. The number of alkyl carbamates (subject to hydrolysis) is 1. The molecule has 2 rings (SSSR count). The van der Waals surface area contributed by atoms with Crippen LogP contribution in [0.4, 0.5) is 25.4 Å². The van der Waals surface area contributed by atoms with Crippen LogP contribution in [-0.2, 0) is 14.3 Å². The van der Waals surface area contributed by atoms with Gasteiger partial charge in [-0.25, -0.2) is 14.0 Å². The van der Waals surface area contributed by atoms with Crippen LogP contribution in [0.25, 0.3) is 0 Å². The van der Waals surface area contributed by atoms with Crippen LogP contribution in [-0.4, -0.2) is 60.2 Å². The molecule has 0 aliphatic carbocycles. The lowest BCUT2D eigenvalue weighted by Crippen LogP contribution is -2.43. The van der Waals surface area contributed by atoms with Gasteiger partial charge in [0.05, 0.1) is 18.8 Å². The summed E-state index contributed by atoms with van der Waals surface area (Å²) in [5.74, 6) is 4.58. The molecule has 0 unspecified atom stereocenters. The number of ether oxygens (including phenoxy) is 2. The van der Waals surface area contributed by atoms with Gasteiger partial charge in [-0.3, -0.25) is 15.5 Å². The van der Waals surface area contributed by atoms with E-state index in [1.165, 1.54) is 17.0 Å². The maximum atomic E-state index is 14.8. The summed E-state index contributed by atoms with van der Waals surface area (Å²) < 4.78 is 24.9. The van der Waals surface area contributed by atoms with Gasteiger partial charge in [0, 0.05) is 22.9 Å². The molecular weight excluding hydrogens is 529 g/mol. The average molecular weight is 568 g/mol.